The minimum atomic E-state index is -0.444. The maximum Gasteiger partial charge on any atom is 0.253 e. The molecule has 35 heavy (non-hydrogen) atoms. The highest BCUT2D eigenvalue weighted by atomic mass is 35.5. The van der Waals surface area contributed by atoms with Crippen LogP contribution in [0.3, 0.4) is 0 Å². The molecule has 1 aliphatic heterocycles. The summed E-state index contributed by atoms with van der Waals surface area (Å²) in [5, 5.41) is 3.41. The average Bonchev–Trinajstić information content (AvgIpc) is 3.33. The van der Waals surface area contributed by atoms with Crippen molar-refractivity contribution in [2.45, 2.75) is 31.2 Å². The number of hydrogen-bond acceptors (Lipinski definition) is 3. The summed E-state index contributed by atoms with van der Waals surface area (Å²) in [5.74, 6) is 1.03. The predicted octanol–water partition coefficient (Wildman–Crippen LogP) is 5.48. The van der Waals surface area contributed by atoms with Gasteiger partial charge < -0.3 is 15.2 Å². The van der Waals surface area contributed by atoms with Crippen LogP contribution in [0.25, 0.3) is 11.0 Å². The van der Waals surface area contributed by atoms with E-state index in [9.17, 15) is 9.59 Å². The third-order valence-electron chi connectivity index (χ3n) is 6.65. The minimum Gasteiger partial charge on any atom is -0.345 e. The molecular formula is C28H27ClN4O2. The molecular weight excluding hydrogens is 460 g/mol. The first-order valence-electron chi connectivity index (χ1n) is 11.9. The second-order valence-corrected chi connectivity index (χ2v) is 9.32. The molecule has 1 aliphatic rings. The lowest BCUT2D eigenvalue weighted by Crippen LogP contribution is -2.40. The van der Waals surface area contributed by atoms with Crippen molar-refractivity contribution in [3.63, 3.8) is 0 Å². The van der Waals surface area contributed by atoms with Gasteiger partial charge in [0.2, 0.25) is 5.91 Å². The van der Waals surface area contributed by atoms with E-state index in [-0.39, 0.29) is 18.2 Å². The molecule has 3 aromatic carbocycles. The summed E-state index contributed by atoms with van der Waals surface area (Å²) in [7, 11) is 0. The van der Waals surface area contributed by atoms with E-state index in [4.69, 9.17) is 16.6 Å². The first-order valence-corrected chi connectivity index (χ1v) is 12.3. The first-order chi connectivity index (χ1) is 17.1. The van der Waals surface area contributed by atoms with Gasteiger partial charge in [-0.2, -0.15) is 0 Å². The van der Waals surface area contributed by atoms with E-state index in [1.165, 1.54) is 0 Å². The standard InChI is InChI=1S/C28H27ClN4O2/c29-22-11-5-4-10-21(22)28(35)32-25(19-8-2-1-3-9-19)18-26(34)33-16-14-20(15-17-33)27-30-23-12-6-7-13-24(23)31-27/h1-13,20,25H,14-18H2,(H,30,31)(H,32,35). The van der Waals surface area contributed by atoms with Crippen molar-refractivity contribution in [3.05, 3.63) is 101 Å². The Balaban J connectivity index is 1.25. The molecule has 6 nitrogen and oxygen atoms in total. The van der Waals surface area contributed by atoms with Gasteiger partial charge >= 0.3 is 0 Å². The van der Waals surface area contributed by atoms with Crippen molar-refractivity contribution in [2.24, 2.45) is 0 Å². The van der Waals surface area contributed by atoms with E-state index in [0.717, 1.165) is 35.3 Å². The Morgan fingerprint density at radius 1 is 0.971 bits per heavy atom. The van der Waals surface area contributed by atoms with Crippen LogP contribution in [0.15, 0.2) is 78.9 Å². The number of imidazole rings is 1. The highest BCUT2D eigenvalue weighted by molar-refractivity contribution is 6.33. The summed E-state index contributed by atoms with van der Waals surface area (Å²) in [5.41, 5.74) is 3.30. The molecule has 0 aliphatic carbocycles. The zero-order valence-electron chi connectivity index (χ0n) is 19.3. The van der Waals surface area contributed by atoms with Gasteiger partial charge in [0.05, 0.1) is 34.1 Å². The smallest absolute Gasteiger partial charge is 0.253 e. The molecule has 0 saturated carbocycles. The number of aromatic amines is 1. The van der Waals surface area contributed by atoms with E-state index in [0.29, 0.717) is 29.6 Å². The summed E-state index contributed by atoms with van der Waals surface area (Å²) in [6.07, 6.45) is 1.90. The summed E-state index contributed by atoms with van der Waals surface area (Å²) >= 11 is 6.22. The Kier molecular flexibility index (Phi) is 6.82. The molecule has 0 radical (unpaired) electrons. The number of para-hydroxylation sites is 2. The Bertz CT molecular complexity index is 1300. The molecule has 0 spiro atoms. The van der Waals surface area contributed by atoms with Gasteiger partial charge in [0, 0.05) is 19.0 Å². The van der Waals surface area contributed by atoms with Crippen LogP contribution < -0.4 is 5.32 Å². The second kappa shape index (κ2) is 10.3. The number of nitrogens with one attached hydrogen (secondary N) is 2. The highest BCUT2D eigenvalue weighted by Gasteiger charge is 2.28. The summed E-state index contributed by atoms with van der Waals surface area (Å²) < 4.78 is 0. The number of carbonyl (C=O) groups is 2. The van der Waals surface area contributed by atoms with Gasteiger partial charge in [0.15, 0.2) is 0 Å². The van der Waals surface area contributed by atoms with E-state index < -0.39 is 6.04 Å². The number of hydrogen-bond donors (Lipinski definition) is 2. The normalized spacial score (nSPS) is 15.2. The number of piperidine rings is 1. The number of aromatic nitrogens is 2. The molecule has 5 rings (SSSR count). The molecule has 4 aromatic rings. The monoisotopic (exact) mass is 486 g/mol. The van der Waals surface area contributed by atoms with Crippen LogP contribution in [0.5, 0.6) is 0 Å². The van der Waals surface area contributed by atoms with Gasteiger partial charge in [-0.25, -0.2) is 4.98 Å². The van der Waals surface area contributed by atoms with Crippen LogP contribution in [0.2, 0.25) is 5.02 Å². The van der Waals surface area contributed by atoms with E-state index in [1.807, 2.05) is 59.5 Å². The number of fused-ring (bicyclic) bond motifs is 1. The van der Waals surface area contributed by atoms with Gasteiger partial charge in [-0.1, -0.05) is 66.2 Å². The second-order valence-electron chi connectivity index (χ2n) is 8.91. The van der Waals surface area contributed by atoms with Gasteiger partial charge in [0.1, 0.15) is 5.82 Å². The SMILES string of the molecule is O=C(NC(CC(=O)N1CCC(c2nc3ccccc3[nH]2)CC1)c1ccccc1)c1ccccc1Cl. The van der Waals surface area contributed by atoms with Crippen LogP contribution in [0.4, 0.5) is 0 Å². The Labute approximate surface area is 209 Å². The molecule has 1 unspecified atom stereocenters. The lowest BCUT2D eigenvalue weighted by atomic mass is 9.95. The number of H-pyrrole nitrogens is 1. The fourth-order valence-corrected chi connectivity index (χ4v) is 4.91. The van der Waals surface area contributed by atoms with Crippen LogP contribution in [-0.4, -0.2) is 39.8 Å². The maximum atomic E-state index is 13.3. The van der Waals surface area contributed by atoms with Crippen molar-refractivity contribution in [2.75, 3.05) is 13.1 Å². The van der Waals surface area contributed by atoms with Gasteiger partial charge in [-0.05, 0) is 42.7 Å². The van der Waals surface area contributed by atoms with Crippen molar-refractivity contribution >= 4 is 34.4 Å². The third kappa shape index (κ3) is 5.23. The average molecular weight is 487 g/mol. The lowest BCUT2D eigenvalue weighted by molar-refractivity contribution is -0.132. The molecule has 2 heterocycles. The van der Waals surface area contributed by atoms with Crippen LogP contribution in [0, 0.1) is 0 Å². The molecule has 1 fully saturated rings. The van der Waals surface area contributed by atoms with Crippen molar-refractivity contribution in [1.82, 2.24) is 20.2 Å². The zero-order chi connectivity index (χ0) is 24.2. The number of carbonyl (C=O) groups excluding carboxylic acids is 2. The molecule has 2 N–H and O–H groups in total. The topological polar surface area (TPSA) is 78.1 Å². The van der Waals surface area contributed by atoms with Crippen LogP contribution in [-0.2, 0) is 4.79 Å². The number of amides is 2. The van der Waals surface area contributed by atoms with Gasteiger partial charge in [0.25, 0.3) is 5.91 Å². The Hall–Kier alpha value is -3.64. The zero-order valence-corrected chi connectivity index (χ0v) is 20.0. The fourth-order valence-electron chi connectivity index (χ4n) is 4.69. The quantitative estimate of drug-likeness (QED) is 0.378. The predicted molar refractivity (Wildman–Crippen MR) is 137 cm³/mol. The summed E-state index contributed by atoms with van der Waals surface area (Å²) in [4.78, 5) is 36.3. The molecule has 178 valence electrons. The molecule has 1 aromatic heterocycles. The minimum absolute atomic E-state index is 0.0290. The van der Waals surface area contributed by atoms with Crippen molar-refractivity contribution in [1.29, 1.82) is 0 Å². The third-order valence-corrected chi connectivity index (χ3v) is 6.98. The Morgan fingerprint density at radius 3 is 2.40 bits per heavy atom. The fraction of sp³-hybridized carbons (Fsp3) is 0.250. The number of likely N-dealkylation sites (tertiary alicyclic amines) is 1. The summed E-state index contributed by atoms with van der Waals surface area (Å²) in [6, 6.07) is 24.1. The van der Waals surface area contributed by atoms with Crippen LogP contribution in [0.1, 0.15) is 53.0 Å². The van der Waals surface area contributed by atoms with E-state index in [1.54, 1.807) is 24.3 Å². The number of benzene rings is 3. The number of halogens is 1. The molecule has 7 heteroatoms. The highest BCUT2D eigenvalue weighted by Crippen LogP contribution is 2.29. The van der Waals surface area contributed by atoms with Gasteiger partial charge in [-0.3, -0.25) is 9.59 Å². The lowest BCUT2D eigenvalue weighted by Gasteiger charge is -2.32. The first kappa shape index (κ1) is 23.1. The van der Waals surface area contributed by atoms with Crippen molar-refractivity contribution < 1.29 is 9.59 Å². The molecule has 1 atom stereocenters. The molecule has 0 bridgehead atoms. The Morgan fingerprint density at radius 2 is 1.66 bits per heavy atom. The maximum absolute atomic E-state index is 13.3. The van der Waals surface area contributed by atoms with Crippen molar-refractivity contribution in [3.8, 4) is 0 Å². The molecule has 2 amide bonds. The van der Waals surface area contributed by atoms with E-state index >= 15 is 0 Å². The number of nitrogens with zero attached hydrogens (tertiary/aromatic N) is 2. The number of rotatable bonds is 6. The largest absolute Gasteiger partial charge is 0.345 e. The van der Waals surface area contributed by atoms with Crippen LogP contribution >= 0.6 is 11.6 Å². The van der Waals surface area contributed by atoms with Gasteiger partial charge in [-0.15, -0.1) is 0 Å². The summed E-state index contributed by atoms with van der Waals surface area (Å²) in [6.45, 7) is 1.33. The van der Waals surface area contributed by atoms with E-state index in [2.05, 4.69) is 10.3 Å². The molecule has 1 saturated heterocycles.